The number of halogens is 6. The molecule has 3 N–H and O–H groups in total. The first-order valence-electron chi connectivity index (χ1n) is 4.85. The quantitative estimate of drug-likeness (QED) is 0.818. The summed E-state index contributed by atoms with van der Waals surface area (Å²) in [6.07, 6.45) is -4.46. The highest BCUT2D eigenvalue weighted by Crippen LogP contribution is 2.27. The molecule has 0 aliphatic carbocycles. The first kappa shape index (κ1) is 20.4. The molecule has 1 rings (SSSR count). The molecule has 0 radical (unpaired) electrons. The Hall–Kier alpha value is -0.920. The average Bonchev–Trinajstić information content (AvgIpc) is 2.24. The number of nitrogens with two attached hydrogens (primary N) is 1. The van der Waals surface area contributed by atoms with Crippen molar-refractivity contribution < 1.29 is 22.3 Å². The number of anilines is 1. The van der Waals surface area contributed by atoms with Crippen molar-refractivity contribution in [3.05, 3.63) is 24.0 Å². The second-order valence-electron chi connectivity index (χ2n) is 3.26. The lowest BCUT2D eigenvalue weighted by atomic mass is 10.3. The van der Waals surface area contributed by atoms with Gasteiger partial charge in [-0.1, -0.05) is 0 Å². The highest BCUT2D eigenvalue weighted by atomic mass is 35.5. The maximum Gasteiger partial charge on any atom is 0.422 e. The number of hydrogen-bond donors (Lipinski definition) is 2. The van der Waals surface area contributed by atoms with Gasteiger partial charge in [0.15, 0.2) is 6.61 Å². The van der Waals surface area contributed by atoms with E-state index in [9.17, 15) is 17.6 Å². The Morgan fingerprint density at radius 2 is 1.84 bits per heavy atom. The van der Waals surface area contributed by atoms with Gasteiger partial charge in [-0.2, -0.15) is 13.2 Å². The molecule has 0 aliphatic heterocycles. The maximum absolute atomic E-state index is 12.9. The molecular formula is C10H14Cl2F4N2O. The van der Waals surface area contributed by atoms with E-state index in [2.05, 4.69) is 10.1 Å². The molecule has 3 nitrogen and oxygen atoms in total. The van der Waals surface area contributed by atoms with Crippen LogP contribution < -0.4 is 15.8 Å². The van der Waals surface area contributed by atoms with E-state index in [-0.39, 0.29) is 36.3 Å². The number of ether oxygens (including phenoxy) is 1. The van der Waals surface area contributed by atoms with Crippen LogP contribution in [0, 0.1) is 5.82 Å². The largest absolute Gasteiger partial charge is 0.482 e. The molecule has 0 amide bonds. The van der Waals surface area contributed by atoms with Gasteiger partial charge in [-0.3, -0.25) is 0 Å². The summed E-state index contributed by atoms with van der Waals surface area (Å²) in [6, 6.07) is 3.32. The van der Waals surface area contributed by atoms with Crippen molar-refractivity contribution in [2.75, 3.05) is 25.0 Å². The molecule has 19 heavy (non-hydrogen) atoms. The molecule has 0 spiro atoms. The number of alkyl halides is 3. The molecule has 0 aromatic heterocycles. The van der Waals surface area contributed by atoms with Crippen molar-refractivity contribution in [2.24, 2.45) is 5.73 Å². The van der Waals surface area contributed by atoms with E-state index in [4.69, 9.17) is 5.73 Å². The lowest BCUT2D eigenvalue weighted by Gasteiger charge is -2.14. The maximum atomic E-state index is 12.9. The summed E-state index contributed by atoms with van der Waals surface area (Å²) in [5, 5.41) is 2.74. The number of nitrogens with one attached hydrogen (secondary N) is 1. The summed E-state index contributed by atoms with van der Waals surface area (Å²) in [5.74, 6) is -0.851. The summed E-state index contributed by atoms with van der Waals surface area (Å²) >= 11 is 0. The predicted molar refractivity (Wildman–Crippen MR) is 70.0 cm³/mol. The van der Waals surface area contributed by atoms with Crippen molar-refractivity contribution in [1.82, 2.24) is 0 Å². The van der Waals surface area contributed by atoms with E-state index < -0.39 is 18.6 Å². The van der Waals surface area contributed by atoms with Crippen LogP contribution in [0.3, 0.4) is 0 Å². The van der Waals surface area contributed by atoms with Crippen molar-refractivity contribution in [1.29, 1.82) is 0 Å². The Labute approximate surface area is 120 Å². The predicted octanol–water partition coefficient (Wildman–Crippen LogP) is 2.98. The minimum absolute atomic E-state index is 0. The van der Waals surface area contributed by atoms with Crippen LogP contribution in [0.15, 0.2) is 18.2 Å². The highest BCUT2D eigenvalue weighted by molar-refractivity contribution is 5.85. The van der Waals surface area contributed by atoms with Gasteiger partial charge in [-0.25, -0.2) is 4.39 Å². The Morgan fingerprint density at radius 1 is 1.21 bits per heavy atom. The Bertz CT molecular complexity index is 377. The number of benzene rings is 1. The lowest BCUT2D eigenvalue weighted by Crippen LogP contribution is -2.20. The summed E-state index contributed by atoms with van der Waals surface area (Å²) in [6.45, 7) is -0.808. The van der Waals surface area contributed by atoms with E-state index in [1.165, 1.54) is 6.07 Å². The summed E-state index contributed by atoms with van der Waals surface area (Å²) < 4.78 is 53.3. The van der Waals surface area contributed by atoms with Crippen LogP contribution in [-0.2, 0) is 0 Å². The van der Waals surface area contributed by atoms with Crippen LogP contribution in [0.1, 0.15) is 0 Å². The Balaban J connectivity index is 0. The fourth-order valence-electron chi connectivity index (χ4n) is 1.13. The third kappa shape index (κ3) is 7.97. The van der Waals surface area contributed by atoms with Crippen LogP contribution in [0.2, 0.25) is 0 Å². The van der Waals surface area contributed by atoms with Gasteiger partial charge in [0.2, 0.25) is 0 Å². The SMILES string of the molecule is Cl.Cl.NCCNc1ccc(F)cc1OCC(F)(F)F. The van der Waals surface area contributed by atoms with Gasteiger partial charge in [0.25, 0.3) is 0 Å². The molecule has 0 fully saturated rings. The van der Waals surface area contributed by atoms with E-state index >= 15 is 0 Å². The molecule has 0 bridgehead atoms. The first-order chi connectivity index (χ1) is 7.92. The second kappa shape index (κ2) is 9.06. The molecule has 1 aromatic rings. The molecule has 0 heterocycles. The van der Waals surface area contributed by atoms with Crippen LogP contribution in [-0.4, -0.2) is 25.9 Å². The van der Waals surface area contributed by atoms with E-state index in [1.807, 2.05) is 0 Å². The molecule has 0 atom stereocenters. The average molecular weight is 325 g/mol. The number of hydrogen-bond acceptors (Lipinski definition) is 3. The minimum Gasteiger partial charge on any atom is -0.482 e. The summed E-state index contributed by atoms with van der Waals surface area (Å²) in [5.41, 5.74) is 5.52. The first-order valence-corrected chi connectivity index (χ1v) is 4.85. The highest BCUT2D eigenvalue weighted by Gasteiger charge is 2.28. The van der Waals surface area contributed by atoms with Gasteiger partial charge >= 0.3 is 6.18 Å². The van der Waals surface area contributed by atoms with Crippen LogP contribution >= 0.6 is 24.8 Å². The van der Waals surface area contributed by atoms with Gasteiger partial charge in [-0.15, -0.1) is 24.8 Å². The van der Waals surface area contributed by atoms with E-state index in [1.54, 1.807) is 0 Å². The zero-order valence-electron chi connectivity index (χ0n) is 9.67. The van der Waals surface area contributed by atoms with Gasteiger partial charge in [-0.05, 0) is 12.1 Å². The van der Waals surface area contributed by atoms with E-state index in [0.29, 0.717) is 13.1 Å². The van der Waals surface area contributed by atoms with Gasteiger partial charge in [0.1, 0.15) is 11.6 Å². The van der Waals surface area contributed by atoms with Crippen molar-refractivity contribution >= 4 is 30.5 Å². The van der Waals surface area contributed by atoms with Crippen LogP contribution in [0.4, 0.5) is 23.2 Å². The van der Waals surface area contributed by atoms with Gasteiger partial charge in [0, 0.05) is 19.2 Å². The summed E-state index contributed by atoms with van der Waals surface area (Å²) in [4.78, 5) is 0. The smallest absolute Gasteiger partial charge is 0.422 e. The molecule has 0 saturated heterocycles. The van der Waals surface area contributed by atoms with Crippen LogP contribution in [0.25, 0.3) is 0 Å². The lowest BCUT2D eigenvalue weighted by molar-refractivity contribution is -0.153. The van der Waals surface area contributed by atoms with Crippen molar-refractivity contribution in [2.45, 2.75) is 6.18 Å². The molecular weight excluding hydrogens is 311 g/mol. The van der Waals surface area contributed by atoms with Gasteiger partial charge in [0.05, 0.1) is 5.69 Å². The zero-order valence-corrected chi connectivity index (χ0v) is 11.3. The fraction of sp³-hybridized carbons (Fsp3) is 0.400. The third-order valence-electron chi connectivity index (χ3n) is 1.79. The minimum atomic E-state index is -4.46. The molecule has 9 heteroatoms. The van der Waals surface area contributed by atoms with Gasteiger partial charge < -0.3 is 15.8 Å². The number of rotatable bonds is 5. The third-order valence-corrected chi connectivity index (χ3v) is 1.79. The van der Waals surface area contributed by atoms with Crippen molar-refractivity contribution in [3.63, 3.8) is 0 Å². The molecule has 1 aromatic carbocycles. The molecule has 0 unspecified atom stereocenters. The normalized spacial score (nSPS) is 10.2. The molecule has 0 aliphatic rings. The monoisotopic (exact) mass is 324 g/mol. The summed E-state index contributed by atoms with van der Waals surface area (Å²) in [7, 11) is 0. The zero-order chi connectivity index (χ0) is 12.9. The Morgan fingerprint density at radius 3 is 2.37 bits per heavy atom. The molecule has 112 valence electrons. The Kier molecular flexibility index (Phi) is 9.73. The standard InChI is InChI=1S/C10H12F4N2O.2ClH/c11-7-1-2-8(16-4-3-15)9(5-7)17-6-10(12,13)14;;/h1-2,5,16H,3-4,6,15H2;2*1H. The van der Waals surface area contributed by atoms with Crippen LogP contribution in [0.5, 0.6) is 5.75 Å². The molecule has 0 saturated carbocycles. The van der Waals surface area contributed by atoms with E-state index in [0.717, 1.165) is 12.1 Å². The topological polar surface area (TPSA) is 47.3 Å². The fourth-order valence-corrected chi connectivity index (χ4v) is 1.13. The van der Waals surface area contributed by atoms with Crippen molar-refractivity contribution in [3.8, 4) is 5.75 Å². The second-order valence-corrected chi connectivity index (χ2v) is 3.26.